The van der Waals surface area contributed by atoms with Crippen LogP contribution in [0.1, 0.15) is 0 Å². The van der Waals surface area contributed by atoms with Gasteiger partial charge in [-0.3, -0.25) is 4.57 Å². The van der Waals surface area contributed by atoms with Gasteiger partial charge in [-0.25, -0.2) is 0 Å². The fourth-order valence-electron chi connectivity index (χ4n) is 0.993. The van der Waals surface area contributed by atoms with E-state index < -0.39 is 45.3 Å². The van der Waals surface area contributed by atoms with Crippen molar-refractivity contribution in [3.63, 3.8) is 0 Å². The van der Waals surface area contributed by atoms with E-state index in [9.17, 15) is 9.67 Å². The largest absolute Gasteiger partial charge is 0.394 e. The molecule has 0 radical (unpaired) electrons. The first kappa shape index (κ1) is 19.9. The molecule has 3 atom stereocenters. The van der Waals surface area contributed by atoms with Gasteiger partial charge in [-0.15, -0.1) is 34.8 Å². The van der Waals surface area contributed by atoms with E-state index in [1.807, 2.05) is 0 Å². The Morgan fingerprint density at radius 1 is 1.05 bits per heavy atom. The zero-order valence-corrected chi connectivity index (χ0v) is 13.3. The lowest BCUT2D eigenvalue weighted by Crippen LogP contribution is -2.27. The number of rotatable bonds is 11. The highest BCUT2D eigenvalue weighted by Crippen LogP contribution is 2.55. The molecule has 0 aromatic heterocycles. The number of halogens is 3. The average Bonchev–Trinajstić information content (AvgIpc) is 2.43. The first-order chi connectivity index (χ1) is 8.97. The van der Waals surface area contributed by atoms with Crippen LogP contribution in [0, 0.1) is 0 Å². The van der Waals surface area contributed by atoms with Crippen LogP contribution in [0.2, 0.25) is 0 Å². The van der Waals surface area contributed by atoms with Crippen molar-refractivity contribution in [1.82, 2.24) is 0 Å². The van der Waals surface area contributed by atoms with Crippen LogP contribution < -0.4 is 0 Å². The monoisotopic (exact) mass is 358 g/mol. The average molecular weight is 360 g/mol. The minimum absolute atomic E-state index is 0.0869. The molecular formula is C9H18Cl3O6P. The molecule has 0 aromatic carbocycles. The molecule has 0 rings (SSSR count). The van der Waals surface area contributed by atoms with E-state index >= 15 is 0 Å². The van der Waals surface area contributed by atoms with Gasteiger partial charge in [-0.2, -0.15) is 0 Å². The van der Waals surface area contributed by atoms with E-state index in [1.54, 1.807) is 0 Å². The van der Waals surface area contributed by atoms with E-state index in [2.05, 4.69) is 0 Å². The number of alkyl halides is 3. The summed E-state index contributed by atoms with van der Waals surface area (Å²) in [6, 6.07) is 0. The summed E-state index contributed by atoms with van der Waals surface area (Å²) in [5.74, 6) is -0.267. The van der Waals surface area contributed by atoms with Gasteiger partial charge >= 0.3 is 7.60 Å². The van der Waals surface area contributed by atoms with Crippen LogP contribution in [0.3, 0.4) is 0 Å². The standard InChI is InChI=1S/C9H18Cl3O6P/c10-1-8(5-14)18-19(16,9(2-11)3-12)17-6-7(15)4-13/h7-9,13-15H,1-6H2. The zero-order chi connectivity index (χ0) is 14.9. The minimum atomic E-state index is -3.77. The lowest BCUT2D eigenvalue weighted by Gasteiger charge is -2.27. The lowest BCUT2D eigenvalue weighted by atomic mass is 10.4. The highest BCUT2D eigenvalue weighted by molar-refractivity contribution is 7.55. The molecule has 0 aliphatic carbocycles. The molecule has 0 saturated carbocycles. The van der Waals surface area contributed by atoms with Gasteiger partial charge in [0.05, 0.1) is 31.4 Å². The molecule has 3 N–H and O–H groups in total. The molecule has 116 valence electrons. The van der Waals surface area contributed by atoms with Crippen LogP contribution in [0.25, 0.3) is 0 Å². The Morgan fingerprint density at radius 3 is 2.00 bits per heavy atom. The summed E-state index contributed by atoms with van der Waals surface area (Å²) >= 11 is 16.8. The molecule has 0 heterocycles. The molecule has 19 heavy (non-hydrogen) atoms. The first-order valence-corrected chi connectivity index (χ1v) is 8.69. The summed E-state index contributed by atoms with van der Waals surface area (Å²) in [7, 11) is -3.77. The van der Waals surface area contributed by atoms with E-state index in [-0.39, 0.29) is 17.6 Å². The fourth-order valence-corrected chi connectivity index (χ4v) is 4.30. The summed E-state index contributed by atoms with van der Waals surface area (Å²) < 4.78 is 22.8. The number of aliphatic hydroxyl groups is 3. The Balaban J connectivity index is 4.85. The van der Waals surface area contributed by atoms with Gasteiger partial charge in [-0.05, 0) is 0 Å². The van der Waals surface area contributed by atoms with Crippen molar-refractivity contribution in [1.29, 1.82) is 0 Å². The molecule has 0 spiro atoms. The maximum atomic E-state index is 12.5. The molecule has 0 aliphatic heterocycles. The minimum Gasteiger partial charge on any atom is -0.394 e. The predicted molar refractivity (Wildman–Crippen MR) is 74.6 cm³/mol. The second kappa shape index (κ2) is 10.6. The third-order valence-corrected chi connectivity index (χ3v) is 6.01. The van der Waals surface area contributed by atoms with E-state index in [4.69, 9.17) is 54.1 Å². The SMILES string of the molecule is O=P(OCC(O)CO)(OC(CO)CCl)C(CCl)CCl. The fraction of sp³-hybridized carbons (Fsp3) is 1.00. The summed E-state index contributed by atoms with van der Waals surface area (Å²) in [5, 5.41) is 26.9. The Kier molecular flexibility index (Phi) is 11.1. The van der Waals surface area contributed by atoms with Gasteiger partial charge in [0.2, 0.25) is 0 Å². The van der Waals surface area contributed by atoms with E-state index in [0.29, 0.717) is 0 Å². The van der Waals surface area contributed by atoms with Gasteiger partial charge < -0.3 is 24.4 Å². The second-order valence-electron chi connectivity index (χ2n) is 3.70. The molecule has 10 heteroatoms. The second-order valence-corrected chi connectivity index (χ2v) is 6.90. The van der Waals surface area contributed by atoms with Crippen LogP contribution in [-0.2, 0) is 13.6 Å². The quantitative estimate of drug-likeness (QED) is 0.376. The smallest absolute Gasteiger partial charge is 0.336 e. The summed E-state index contributed by atoms with van der Waals surface area (Å²) in [6.45, 7) is -1.40. The molecular weight excluding hydrogens is 341 g/mol. The maximum absolute atomic E-state index is 12.5. The molecule has 0 aliphatic rings. The molecule has 0 bridgehead atoms. The van der Waals surface area contributed by atoms with Gasteiger partial charge in [-0.1, -0.05) is 0 Å². The van der Waals surface area contributed by atoms with Crippen LogP contribution >= 0.6 is 42.4 Å². The van der Waals surface area contributed by atoms with Crippen LogP contribution in [0.4, 0.5) is 0 Å². The molecule has 6 nitrogen and oxygen atoms in total. The van der Waals surface area contributed by atoms with E-state index in [0.717, 1.165) is 0 Å². The van der Waals surface area contributed by atoms with Crippen molar-refractivity contribution in [2.75, 3.05) is 37.5 Å². The molecule has 0 aromatic rings. The third kappa shape index (κ3) is 6.93. The summed E-state index contributed by atoms with van der Waals surface area (Å²) in [6.07, 6.45) is -2.10. The van der Waals surface area contributed by atoms with Crippen LogP contribution in [0.15, 0.2) is 0 Å². The van der Waals surface area contributed by atoms with Crippen molar-refractivity contribution < 1.29 is 28.9 Å². The Morgan fingerprint density at radius 2 is 1.63 bits per heavy atom. The predicted octanol–water partition coefficient (Wildman–Crippen LogP) is 1.01. The van der Waals surface area contributed by atoms with Gasteiger partial charge in [0.15, 0.2) is 0 Å². The summed E-state index contributed by atoms with van der Waals surface area (Å²) in [5.41, 5.74) is -0.806. The maximum Gasteiger partial charge on any atom is 0.336 e. The number of hydrogen-bond donors (Lipinski definition) is 3. The molecule has 0 saturated heterocycles. The van der Waals surface area contributed by atoms with Crippen molar-refractivity contribution in [2.24, 2.45) is 0 Å². The molecule has 3 unspecified atom stereocenters. The Hall–Kier alpha value is 0.900. The van der Waals surface area contributed by atoms with Crippen LogP contribution in [0.5, 0.6) is 0 Å². The Bertz CT molecular complexity index is 275. The number of aliphatic hydroxyl groups excluding tert-OH is 3. The Labute approximate surface area is 127 Å². The van der Waals surface area contributed by atoms with Gasteiger partial charge in [0.1, 0.15) is 12.2 Å². The van der Waals surface area contributed by atoms with Crippen molar-refractivity contribution in [2.45, 2.75) is 17.9 Å². The van der Waals surface area contributed by atoms with Crippen molar-refractivity contribution in [3.05, 3.63) is 0 Å². The zero-order valence-electron chi connectivity index (χ0n) is 10.1. The highest BCUT2D eigenvalue weighted by Gasteiger charge is 2.37. The van der Waals surface area contributed by atoms with E-state index in [1.165, 1.54) is 0 Å². The van der Waals surface area contributed by atoms with Gasteiger partial charge in [0, 0.05) is 11.8 Å². The summed E-state index contributed by atoms with van der Waals surface area (Å²) in [4.78, 5) is 0. The lowest BCUT2D eigenvalue weighted by molar-refractivity contribution is 0.0374. The first-order valence-electron chi connectivity index (χ1n) is 5.47. The third-order valence-electron chi connectivity index (χ3n) is 2.13. The number of hydrogen-bond acceptors (Lipinski definition) is 6. The van der Waals surface area contributed by atoms with Crippen molar-refractivity contribution >= 4 is 42.4 Å². The molecule has 0 amide bonds. The van der Waals surface area contributed by atoms with Gasteiger partial charge in [0.25, 0.3) is 0 Å². The van der Waals surface area contributed by atoms with Crippen LogP contribution in [-0.4, -0.2) is 70.6 Å². The highest BCUT2D eigenvalue weighted by atomic mass is 35.5. The molecule has 0 fully saturated rings. The normalized spacial score (nSPS) is 18.3. The topological polar surface area (TPSA) is 96.2 Å². The van der Waals surface area contributed by atoms with Crippen molar-refractivity contribution in [3.8, 4) is 0 Å².